The Hall–Kier alpha value is -3.00. The Morgan fingerprint density at radius 1 is 1.32 bits per heavy atom. The van der Waals surface area contributed by atoms with Gasteiger partial charge >= 0.3 is 0 Å². The van der Waals surface area contributed by atoms with Crippen molar-refractivity contribution in [2.75, 3.05) is 11.4 Å². The Bertz CT molecular complexity index is 998. The highest BCUT2D eigenvalue weighted by atomic mass is 32.1. The second-order valence-corrected chi connectivity index (χ2v) is 7.67. The molecule has 1 unspecified atom stereocenters. The molecule has 28 heavy (non-hydrogen) atoms. The van der Waals surface area contributed by atoms with Crippen molar-refractivity contribution in [1.29, 1.82) is 0 Å². The number of amides is 2. The zero-order chi connectivity index (χ0) is 19.7. The summed E-state index contributed by atoms with van der Waals surface area (Å²) in [5.41, 5.74) is 2.36. The molecule has 4 rings (SSSR count). The molecule has 0 spiro atoms. The van der Waals surface area contributed by atoms with Crippen molar-refractivity contribution in [3.05, 3.63) is 59.4 Å². The van der Waals surface area contributed by atoms with E-state index >= 15 is 0 Å². The molecule has 3 aromatic rings. The zero-order valence-electron chi connectivity index (χ0n) is 15.3. The fraction of sp³-hybridized carbons (Fsp3) is 0.250. The normalized spacial score (nSPS) is 16.6. The Morgan fingerprint density at radius 2 is 2.11 bits per heavy atom. The van der Waals surface area contributed by atoms with Crippen LogP contribution in [0.1, 0.15) is 12.1 Å². The number of anilines is 1. The van der Waals surface area contributed by atoms with Crippen LogP contribution in [0.15, 0.2) is 47.8 Å². The van der Waals surface area contributed by atoms with Crippen LogP contribution in [0.5, 0.6) is 0 Å². The van der Waals surface area contributed by atoms with Crippen LogP contribution in [0.4, 0.5) is 10.1 Å². The number of aromatic nitrogens is 2. The summed E-state index contributed by atoms with van der Waals surface area (Å²) < 4.78 is 14.9. The number of benzene rings is 1. The first kappa shape index (κ1) is 18.4. The third-order valence-electron chi connectivity index (χ3n) is 4.78. The lowest BCUT2D eigenvalue weighted by Crippen LogP contribution is -2.32. The third kappa shape index (κ3) is 3.68. The monoisotopic (exact) mass is 398 g/mol. The van der Waals surface area contributed by atoms with E-state index < -0.39 is 5.92 Å². The molecule has 1 atom stereocenters. The van der Waals surface area contributed by atoms with Gasteiger partial charge in [0.25, 0.3) is 0 Å². The topological polar surface area (TPSA) is 67.2 Å². The lowest BCUT2D eigenvalue weighted by molar-refractivity contribution is -0.126. The molecule has 2 aromatic heterocycles. The van der Waals surface area contributed by atoms with Crippen molar-refractivity contribution in [3.8, 4) is 10.6 Å². The summed E-state index contributed by atoms with van der Waals surface area (Å²) in [6, 6.07) is 11.7. The van der Waals surface area contributed by atoms with Gasteiger partial charge in [-0.3, -0.25) is 14.3 Å². The molecule has 0 bridgehead atoms. The SMILES string of the molecule is Cn1nc(CNC(=O)C2CC(=O)N(c3ccc(F)cc3)C2)cc1-c1cccs1. The molecule has 0 aliphatic carbocycles. The smallest absolute Gasteiger partial charge is 0.227 e. The van der Waals surface area contributed by atoms with E-state index in [9.17, 15) is 14.0 Å². The number of hydrogen-bond donors (Lipinski definition) is 1. The number of nitrogens with zero attached hydrogens (tertiary/aromatic N) is 3. The highest BCUT2D eigenvalue weighted by Crippen LogP contribution is 2.26. The van der Waals surface area contributed by atoms with Crippen molar-refractivity contribution in [1.82, 2.24) is 15.1 Å². The number of hydrogen-bond acceptors (Lipinski definition) is 4. The van der Waals surface area contributed by atoms with E-state index in [1.165, 1.54) is 17.0 Å². The zero-order valence-corrected chi connectivity index (χ0v) is 16.1. The predicted molar refractivity (Wildman–Crippen MR) is 105 cm³/mol. The Kier molecular flexibility index (Phi) is 4.95. The van der Waals surface area contributed by atoms with Gasteiger partial charge in [-0.2, -0.15) is 5.10 Å². The van der Waals surface area contributed by atoms with Crippen molar-refractivity contribution in [3.63, 3.8) is 0 Å². The van der Waals surface area contributed by atoms with E-state index in [-0.39, 0.29) is 24.1 Å². The van der Waals surface area contributed by atoms with E-state index in [1.807, 2.05) is 30.6 Å². The van der Waals surface area contributed by atoms with Crippen LogP contribution in [-0.2, 0) is 23.2 Å². The second-order valence-electron chi connectivity index (χ2n) is 6.72. The van der Waals surface area contributed by atoms with Gasteiger partial charge in [-0.05, 0) is 41.8 Å². The lowest BCUT2D eigenvalue weighted by atomic mass is 10.1. The fourth-order valence-electron chi connectivity index (χ4n) is 3.34. The quantitative estimate of drug-likeness (QED) is 0.719. The van der Waals surface area contributed by atoms with Crippen LogP contribution in [0.3, 0.4) is 0 Å². The molecule has 1 saturated heterocycles. The molecule has 1 N–H and O–H groups in total. The largest absolute Gasteiger partial charge is 0.350 e. The van der Waals surface area contributed by atoms with Crippen LogP contribution in [0.25, 0.3) is 10.6 Å². The van der Waals surface area contributed by atoms with Gasteiger partial charge in [0.2, 0.25) is 11.8 Å². The minimum atomic E-state index is -0.432. The Balaban J connectivity index is 1.37. The Morgan fingerprint density at radius 3 is 2.82 bits per heavy atom. The van der Waals surface area contributed by atoms with E-state index in [4.69, 9.17) is 0 Å². The van der Waals surface area contributed by atoms with Crippen molar-refractivity contribution in [2.24, 2.45) is 13.0 Å². The van der Waals surface area contributed by atoms with Crippen LogP contribution < -0.4 is 10.2 Å². The maximum Gasteiger partial charge on any atom is 0.227 e. The molecule has 3 heterocycles. The number of halogens is 1. The van der Waals surface area contributed by atoms with Gasteiger partial charge in [-0.1, -0.05) is 6.07 Å². The van der Waals surface area contributed by atoms with Gasteiger partial charge in [-0.25, -0.2) is 4.39 Å². The minimum Gasteiger partial charge on any atom is -0.350 e. The summed E-state index contributed by atoms with van der Waals surface area (Å²) in [6.45, 7) is 0.595. The van der Waals surface area contributed by atoms with Gasteiger partial charge in [0.1, 0.15) is 5.82 Å². The summed E-state index contributed by atoms with van der Waals surface area (Å²) in [5.74, 6) is -1.11. The first-order valence-electron chi connectivity index (χ1n) is 8.91. The molecule has 0 radical (unpaired) electrons. The van der Waals surface area contributed by atoms with E-state index in [2.05, 4.69) is 10.4 Å². The van der Waals surface area contributed by atoms with Crippen LogP contribution in [0.2, 0.25) is 0 Å². The van der Waals surface area contributed by atoms with Gasteiger partial charge in [0.15, 0.2) is 0 Å². The molecular formula is C20H19FN4O2S. The van der Waals surface area contributed by atoms with E-state index in [1.54, 1.807) is 28.2 Å². The molecule has 1 fully saturated rings. The molecule has 1 aromatic carbocycles. The van der Waals surface area contributed by atoms with E-state index in [0.29, 0.717) is 18.8 Å². The van der Waals surface area contributed by atoms with Crippen molar-refractivity contribution >= 4 is 28.8 Å². The van der Waals surface area contributed by atoms with Crippen LogP contribution in [-0.4, -0.2) is 28.1 Å². The molecular weight excluding hydrogens is 379 g/mol. The van der Waals surface area contributed by atoms with Crippen molar-refractivity contribution in [2.45, 2.75) is 13.0 Å². The van der Waals surface area contributed by atoms with Gasteiger partial charge in [0.05, 0.1) is 28.7 Å². The molecule has 8 heteroatoms. The number of thiophene rings is 1. The average molecular weight is 398 g/mol. The van der Waals surface area contributed by atoms with Crippen LogP contribution in [0, 0.1) is 11.7 Å². The van der Waals surface area contributed by atoms with Crippen LogP contribution >= 0.6 is 11.3 Å². The molecule has 1 aliphatic rings. The summed E-state index contributed by atoms with van der Waals surface area (Å²) in [5, 5.41) is 9.33. The molecule has 144 valence electrons. The van der Waals surface area contributed by atoms with Gasteiger partial charge < -0.3 is 10.2 Å². The predicted octanol–water partition coefficient (Wildman–Crippen LogP) is 2.96. The second kappa shape index (κ2) is 7.55. The average Bonchev–Trinajstić information content (AvgIpc) is 3.40. The van der Waals surface area contributed by atoms with Crippen molar-refractivity contribution < 1.29 is 14.0 Å². The highest BCUT2D eigenvalue weighted by Gasteiger charge is 2.35. The summed E-state index contributed by atoms with van der Waals surface area (Å²) in [6.07, 6.45) is 0.145. The first-order chi connectivity index (χ1) is 13.5. The number of rotatable bonds is 5. The van der Waals surface area contributed by atoms with E-state index in [0.717, 1.165) is 16.3 Å². The third-order valence-corrected chi connectivity index (χ3v) is 5.67. The molecule has 6 nitrogen and oxygen atoms in total. The molecule has 2 amide bonds. The molecule has 0 saturated carbocycles. The number of carbonyl (C=O) groups is 2. The van der Waals surface area contributed by atoms with Gasteiger partial charge in [-0.15, -0.1) is 11.3 Å². The maximum atomic E-state index is 13.1. The lowest BCUT2D eigenvalue weighted by Gasteiger charge is -2.16. The fourth-order valence-corrected chi connectivity index (χ4v) is 4.12. The number of carbonyl (C=O) groups excluding carboxylic acids is 2. The first-order valence-corrected chi connectivity index (χ1v) is 9.79. The number of aryl methyl sites for hydroxylation is 1. The minimum absolute atomic E-state index is 0.135. The maximum absolute atomic E-state index is 13.1. The number of nitrogens with one attached hydrogen (secondary N) is 1. The highest BCUT2D eigenvalue weighted by molar-refractivity contribution is 7.13. The summed E-state index contributed by atoms with van der Waals surface area (Å²) in [4.78, 5) is 27.4. The molecule has 1 aliphatic heterocycles. The van der Waals surface area contributed by atoms with Gasteiger partial charge in [0, 0.05) is 25.7 Å². The summed E-state index contributed by atoms with van der Waals surface area (Å²) in [7, 11) is 1.87. The summed E-state index contributed by atoms with van der Waals surface area (Å²) >= 11 is 1.63. The Labute approximate surface area is 165 Å². The standard InChI is InChI=1S/C20H19FN4O2S/c1-24-17(18-3-2-8-28-18)10-15(23-24)11-22-20(27)13-9-19(26)25(12-13)16-6-4-14(21)5-7-16/h2-8,10,13H,9,11-12H2,1H3,(H,22,27).